The zero-order valence-electron chi connectivity index (χ0n) is 18.8. The maximum Gasteiger partial charge on any atom is 0.257 e. The van der Waals surface area contributed by atoms with E-state index < -0.39 is 0 Å². The van der Waals surface area contributed by atoms with Crippen molar-refractivity contribution in [3.8, 4) is 23.1 Å². The standard InChI is InChI=1S/C25H22N4O4S/c1-15-5-4-6-16(11-15)23(30)29-25(34)28-17-7-9-18(10-8-17)33-24-19-12-21(31-2)22(32-3)13-20(19)26-14-27-24/h4-14H,1-3H3,(H2,28,29,30,34). The van der Waals surface area contributed by atoms with Crippen molar-refractivity contribution in [1.82, 2.24) is 15.3 Å². The van der Waals surface area contributed by atoms with Gasteiger partial charge in [0.25, 0.3) is 5.91 Å². The lowest BCUT2D eigenvalue weighted by Gasteiger charge is -2.12. The Bertz CT molecular complexity index is 1360. The molecule has 4 rings (SSSR count). The van der Waals surface area contributed by atoms with Crippen molar-refractivity contribution in [2.75, 3.05) is 19.5 Å². The number of hydrogen-bond donors (Lipinski definition) is 2. The van der Waals surface area contributed by atoms with Gasteiger partial charge in [0.05, 0.1) is 25.1 Å². The molecule has 3 aromatic carbocycles. The van der Waals surface area contributed by atoms with Gasteiger partial charge in [-0.05, 0) is 61.6 Å². The molecule has 0 atom stereocenters. The predicted octanol–water partition coefficient (Wildman–Crippen LogP) is 4.87. The summed E-state index contributed by atoms with van der Waals surface area (Å²) in [7, 11) is 3.13. The number of methoxy groups -OCH3 is 2. The maximum atomic E-state index is 12.4. The molecule has 0 saturated heterocycles. The molecule has 0 saturated carbocycles. The second kappa shape index (κ2) is 10.1. The Labute approximate surface area is 201 Å². The van der Waals surface area contributed by atoms with Crippen molar-refractivity contribution in [3.05, 3.63) is 78.1 Å². The van der Waals surface area contributed by atoms with E-state index in [1.165, 1.54) is 6.33 Å². The van der Waals surface area contributed by atoms with Crippen LogP contribution in [0.15, 0.2) is 67.0 Å². The van der Waals surface area contributed by atoms with Crippen LogP contribution in [0.1, 0.15) is 15.9 Å². The van der Waals surface area contributed by atoms with Gasteiger partial charge in [0.1, 0.15) is 12.1 Å². The summed E-state index contributed by atoms with van der Waals surface area (Å²) in [6, 6.07) is 17.9. The van der Waals surface area contributed by atoms with E-state index >= 15 is 0 Å². The first-order chi connectivity index (χ1) is 16.5. The highest BCUT2D eigenvalue weighted by Gasteiger charge is 2.13. The van der Waals surface area contributed by atoms with E-state index in [4.69, 9.17) is 26.4 Å². The van der Waals surface area contributed by atoms with Crippen LogP contribution in [0.5, 0.6) is 23.1 Å². The highest BCUT2D eigenvalue weighted by atomic mass is 32.1. The molecule has 1 aromatic heterocycles. The molecule has 0 unspecified atom stereocenters. The number of ether oxygens (including phenoxy) is 3. The molecular formula is C25H22N4O4S. The Morgan fingerprint density at radius 1 is 0.941 bits per heavy atom. The molecule has 8 nitrogen and oxygen atoms in total. The zero-order chi connectivity index (χ0) is 24.1. The second-order valence-corrected chi connectivity index (χ2v) is 7.72. The van der Waals surface area contributed by atoms with Crippen LogP contribution in [-0.2, 0) is 0 Å². The normalized spacial score (nSPS) is 10.4. The van der Waals surface area contributed by atoms with E-state index in [0.717, 1.165) is 5.56 Å². The quantitative estimate of drug-likeness (QED) is 0.382. The lowest BCUT2D eigenvalue weighted by Crippen LogP contribution is -2.34. The van der Waals surface area contributed by atoms with Gasteiger partial charge in [-0.2, -0.15) is 0 Å². The fourth-order valence-electron chi connectivity index (χ4n) is 3.28. The van der Waals surface area contributed by atoms with Gasteiger partial charge in [0, 0.05) is 17.3 Å². The van der Waals surface area contributed by atoms with Crippen molar-refractivity contribution < 1.29 is 19.0 Å². The van der Waals surface area contributed by atoms with Crippen LogP contribution in [0.3, 0.4) is 0 Å². The molecular weight excluding hydrogens is 452 g/mol. The summed E-state index contributed by atoms with van der Waals surface area (Å²) in [4.78, 5) is 20.9. The Kier molecular flexibility index (Phi) is 6.84. The number of amides is 1. The molecule has 4 aromatic rings. The highest BCUT2D eigenvalue weighted by molar-refractivity contribution is 7.80. The number of carbonyl (C=O) groups is 1. The van der Waals surface area contributed by atoms with Crippen LogP contribution in [0, 0.1) is 6.92 Å². The number of nitrogens with zero attached hydrogens (tertiary/aromatic N) is 2. The second-order valence-electron chi connectivity index (χ2n) is 7.31. The van der Waals surface area contributed by atoms with Crippen molar-refractivity contribution in [2.45, 2.75) is 6.92 Å². The average Bonchev–Trinajstić information content (AvgIpc) is 2.84. The van der Waals surface area contributed by atoms with Crippen molar-refractivity contribution in [2.24, 2.45) is 0 Å². The fourth-order valence-corrected chi connectivity index (χ4v) is 3.49. The highest BCUT2D eigenvalue weighted by Crippen LogP contribution is 2.35. The number of nitrogens with one attached hydrogen (secondary N) is 2. The number of benzene rings is 3. The fraction of sp³-hybridized carbons (Fsp3) is 0.120. The number of anilines is 1. The molecule has 1 heterocycles. The summed E-state index contributed by atoms with van der Waals surface area (Å²) in [5.41, 5.74) is 2.90. The van der Waals surface area contributed by atoms with Crippen LogP contribution in [0.25, 0.3) is 10.9 Å². The van der Waals surface area contributed by atoms with Gasteiger partial charge in [-0.25, -0.2) is 9.97 Å². The average molecular weight is 475 g/mol. The Morgan fingerprint density at radius 2 is 1.68 bits per heavy atom. The zero-order valence-corrected chi connectivity index (χ0v) is 19.6. The lowest BCUT2D eigenvalue weighted by atomic mass is 10.1. The maximum absolute atomic E-state index is 12.4. The summed E-state index contributed by atoms with van der Waals surface area (Å²) >= 11 is 5.27. The number of aromatic nitrogens is 2. The van der Waals surface area contributed by atoms with Crippen LogP contribution >= 0.6 is 12.2 Å². The molecule has 34 heavy (non-hydrogen) atoms. The third kappa shape index (κ3) is 5.21. The van der Waals surface area contributed by atoms with Crippen LogP contribution in [-0.4, -0.2) is 35.2 Å². The molecule has 1 amide bonds. The van der Waals surface area contributed by atoms with Gasteiger partial charge in [-0.15, -0.1) is 0 Å². The largest absolute Gasteiger partial charge is 0.493 e. The number of aryl methyl sites for hydroxylation is 1. The van der Waals surface area contributed by atoms with Gasteiger partial charge in [-0.1, -0.05) is 17.7 Å². The minimum atomic E-state index is -0.274. The monoisotopic (exact) mass is 474 g/mol. The van der Waals surface area contributed by atoms with E-state index in [1.807, 2.05) is 19.1 Å². The Hall–Kier alpha value is -4.24. The van der Waals surface area contributed by atoms with E-state index in [2.05, 4.69) is 20.6 Å². The molecule has 0 fully saturated rings. The number of thiocarbonyl (C=S) groups is 1. The Balaban J connectivity index is 1.44. The van der Waals surface area contributed by atoms with Gasteiger partial charge < -0.3 is 19.5 Å². The number of hydrogen-bond acceptors (Lipinski definition) is 7. The van der Waals surface area contributed by atoms with Gasteiger partial charge >= 0.3 is 0 Å². The first-order valence-corrected chi connectivity index (χ1v) is 10.7. The van der Waals surface area contributed by atoms with Crippen LogP contribution in [0.2, 0.25) is 0 Å². The van der Waals surface area contributed by atoms with E-state index in [9.17, 15) is 4.79 Å². The van der Waals surface area contributed by atoms with Gasteiger partial charge in [0.2, 0.25) is 5.88 Å². The molecule has 0 aliphatic carbocycles. The predicted molar refractivity (Wildman–Crippen MR) is 134 cm³/mol. The molecule has 0 bridgehead atoms. The van der Waals surface area contributed by atoms with E-state index in [0.29, 0.717) is 45.3 Å². The number of fused-ring (bicyclic) bond motifs is 1. The minimum absolute atomic E-state index is 0.197. The summed E-state index contributed by atoms with van der Waals surface area (Å²) in [6.07, 6.45) is 1.43. The molecule has 2 N–H and O–H groups in total. The molecule has 0 aliphatic rings. The number of rotatable bonds is 6. The molecule has 9 heteroatoms. The van der Waals surface area contributed by atoms with Crippen LogP contribution < -0.4 is 24.8 Å². The molecule has 0 spiro atoms. The van der Waals surface area contributed by atoms with Gasteiger partial charge in [-0.3, -0.25) is 10.1 Å². The van der Waals surface area contributed by atoms with Crippen LogP contribution in [0.4, 0.5) is 5.69 Å². The third-order valence-corrected chi connectivity index (χ3v) is 5.14. The topological polar surface area (TPSA) is 94.6 Å². The molecule has 172 valence electrons. The first kappa shape index (κ1) is 22.9. The summed E-state index contributed by atoms with van der Waals surface area (Å²) < 4.78 is 16.7. The van der Waals surface area contributed by atoms with Gasteiger partial charge in [0.15, 0.2) is 16.6 Å². The van der Waals surface area contributed by atoms with E-state index in [1.54, 1.807) is 62.8 Å². The summed E-state index contributed by atoms with van der Waals surface area (Å²) in [6.45, 7) is 1.93. The SMILES string of the molecule is COc1cc2ncnc(Oc3ccc(NC(=S)NC(=O)c4cccc(C)c4)cc3)c2cc1OC. The summed E-state index contributed by atoms with van der Waals surface area (Å²) in [5, 5.41) is 6.55. The van der Waals surface area contributed by atoms with Crippen molar-refractivity contribution in [1.29, 1.82) is 0 Å². The molecule has 0 radical (unpaired) electrons. The molecule has 0 aliphatic heterocycles. The Morgan fingerprint density at radius 3 is 2.38 bits per heavy atom. The minimum Gasteiger partial charge on any atom is -0.493 e. The van der Waals surface area contributed by atoms with Crippen molar-refractivity contribution >= 4 is 39.8 Å². The third-order valence-electron chi connectivity index (χ3n) is 4.94. The van der Waals surface area contributed by atoms with E-state index in [-0.39, 0.29) is 11.0 Å². The smallest absolute Gasteiger partial charge is 0.257 e. The lowest BCUT2D eigenvalue weighted by molar-refractivity contribution is 0.0977. The van der Waals surface area contributed by atoms with Crippen molar-refractivity contribution in [3.63, 3.8) is 0 Å². The number of carbonyl (C=O) groups excluding carboxylic acids is 1. The first-order valence-electron chi connectivity index (χ1n) is 10.3. The summed E-state index contributed by atoms with van der Waals surface area (Å²) in [5.74, 6) is 1.79.